The molecule has 2 N–H and O–H groups in total. The molecule has 0 bridgehead atoms. The Balaban J connectivity index is 2.05. The molecule has 1 unspecified atom stereocenters. The summed E-state index contributed by atoms with van der Waals surface area (Å²) in [6.07, 6.45) is 2.25. The third kappa shape index (κ3) is 3.77. The van der Waals surface area contributed by atoms with E-state index in [1.165, 1.54) is 12.1 Å². The predicted molar refractivity (Wildman–Crippen MR) is 75.2 cm³/mol. The van der Waals surface area contributed by atoms with Crippen molar-refractivity contribution in [3.8, 4) is 0 Å². The molecule has 0 amide bonds. The third-order valence-electron chi connectivity index (χ3n) is 3.11. The first-order chi connectivity index (χ1) is 9.60. The van der Waals surface area contributed by atoms with Crippen LogP contribution in [0.25, 0.3) is 0 Å². The number of halogens is 2. The van der Waals surface area contributed by atoms with E-state index in [9.17, 15) is 4.39 Å². The van der Waals surface area contributed by atoms with Gasteiger partial charge in [0.2, 0.25) is 5.89 Å². The van der Waals surface area contributed by atoms with Crippen molar-refractivity contribution in [2.75, 3.05) is 6.54 Å². The maximum absolute atomic E-state index is 13.0. The number of hydrogen-bond donors (Lipinski definition) is 1. The van der Waals surface area contributed by atoms with Gasteiger partial charge >= 0.3 is 0 Å². The average Bonchev–Trinajstić information content (AvgIpc) is 2.88. The number of rotatable bonds is 6. The zero-order valence-corrected chi connectivity index (χ0v) is 12.0. The molecule has 2 rings (SSSR count). The first-order valence-electron chi connectivity index (χ1n) is 6.56. The van der Waals surface area contributed by atoms with E-state index in [4.69, 9.17) is 21.9 Å². The predicted octanol–water partition coefficient (Wildman–Crippen LogP) is 3.30. The Kier molecular flexibility index (Phi) is 5.09. The van der Waals surface area contributed by atoms with Crippen molar-refractivity contribution in [1.29, 1.82) is 0 Å². The summed E-state index contributed by atoms with van der Waals surface area (Å²) in [5.41, 5.74) is 6.25. The molecule has 0 saturated heterocycles. The van der Waals surface area contributed by atoms with Crippen LogP contribution in [0.1, 0.15) is 43.0 Å². The Labute approximate surface area is 122 Å². The van der Waals surface area contributed by atoms with Crippen LogP contribution in [0.3, 0.4) is 0 Å². The highest BCUT2D eigenvalue weighted by Crippen LogP contribution is 2.22. The van der Waals surface area contributed by atoms with E-state index < -0.39 is 0 Å². The summed E-state index contributed by atoms with van der Waals surface area (Å²) in [4.78, 5) is 4.35. The minimum atomic E-state index is -0.358. The van der Waals surface area contributed by atoms with Crippen molar-refractivity contribution in [1.82, 2.24) is 10.1 Å². The molecule has 0 spiro atoms. The molecule has 0 aliphatic carbocycles. The molecule has 1 atom stereocenters. The van der Waals surface area contributed by atoms with E-state index in [-0.39, 0.29) is 11.7 Å². The Morgan fingerprint density at radius 3 is 2.95 bits per heavy atom. The van der Waals surface area contributed by atoms with E-state index >= 15 is 0 Å². The first-order valence-corrected chi connectivity index (χ1v) is 6.94. The Morgan fingerprint density at radius 1 is 1.45 bits per heavy atom. The number of nitrogens with zero attached hydrogens (tertiary/aromatic N) is 2. The van der Waals surface area contributed by atoms with Crippen LogP contribution in [0.4, 0.5) is 4.39 Å². The summed E-state index contributed by atoms with van der Waals surface area (Å²) in [5, 5.41) is 4.30. The molecule has 1 aromatic carbocycles. The molecule has 0 radical (unpaired) electrons. The van der Waals surface area contributed by atoms with Gasteiger partial charge in [-0.15, -0.1) is 0 Å². The van der Waals surface area contributed by atoms with Crippen LogP contribution in [-0.4, -0.2) is 16.7 Å². The summed E-state index contributed by atoms with van der Waals surface area (Å²) < 4.78 is 18.2. The van der Waals surface area contributed by atoms with Crippen LogP contribution in [0.2, 0.25) is 5.02 Å². The second-order valence-corrected chi connectivity index (χ2v) is 5.20. The normalized spacial score (nSPS) is 12.6. The molecule has 4 nitrogen and oxygen atoms in total. The van der Waals surface area contributed by atoms with Gasteiger partial charge < -0.3 is 10.3 Å². The molecule has 0 saturated carbocycles. The zero-order valence-electron chi connectivity index (χ0n) is 11.3. The SMILES string of the molecule is CC(CCCN)c1nc(Cc2ccc(F)cc2Cl)no1. The third-order valence-corrected chi connectivity index (χ3v) is 3.46. The van der Waals surface area contributed by atoms with Crippen LogP contribution in [0.5, 0.6) is 0 Å². The maximum Gasteiger partial charge on any atom is 0.229 e. The fourth-order valence-electron chi connectivity index (χ4n) is 1.92. The quantitative estimate of drug-likeness (QED) is 0.888. The molecule has 2 aromatic rings. The minimum Gasteiger partial charge on any atom is -0.339 e. The molecule has 0 aliphatic rings. The van der Waals surface area contributed by atoms with Gasteiger partial charge in [-0.25, -0.2) is 4.39 Å². The van der Waals surface area contributed by atoms with Crippen molar-refractivity contribution in [3.05, 3.63) is 46.3 Å². The maximum atomic E-state index is 13.0. The average molecular weight is 298 g/mol. The van der Waals surface area contributed by atoms with Crippen molar-refractivity contribution in [2.45, 2.75) is 32.1 Å². The Bertz CT molecular complexity index is 573. The van der Waals surface area contributed by atoms with Crippen molar-refractivity contribution >= 4 is 11.6 Å². The van der Waals surface area contributed by atoms with Gasteiger partial charge in [0.15, 0.2) is 5.82 Å². The molecular weight excluding hydrogens is 281 g/mol. The van der Waals surface area contributed by atoms with Crippen molar-refractivity contribution in [3.63, 3.8) is 0 Å². The Hall–Kier alpha value is -1.46. The van der Waals surface area contributed by atoms with Gasteiger partial charge in [-0.2, -0.15) is 4.98 Å². The van der Waals surface area contributed by atoms with Crippen LogP contribution in [0.15, 0.2) is 22.7 Å². The molecule has 0 fully saturated rings. The van der Waals surface area contributed by atoms with Crippen LogP contribution in [-0.2, 0) is 6.42 Å². The molecule has 20 heavy (non-hydrogen) atoms. The summed E-state index contributed by atoms with van der Waals surface area (Å²) in [6.45, 7) is 2.67. The van der Waals surface area contributed by atoms with Crippen LogP contribution in [0, 0.1) is 5.82 Å². The highest BCUT2D eigenvalue weighted by molar-refractivity contribution is 6.31. The van der Waals surface area contributed by atoms with Crippen molar-refractivity contribution < 1.29 is 8.91 Å². The van der Waals surface area contributed by atoms with E-state index in [1.807, 2.05) is 6.92 Å². The van der Waals surface area contributed by atoms with Gasteiger partial charge in [0.1, 0.15) is 5.82 Å². The highest BCUT2D eigenvalue weighted by Gasteiger charge is 2.15. The van der Waals surface area contributed by atoms with E-state index in [2.05, 4.69) is 10.1 Å². The minimum absolute atomic E-state index is 0.184. The Morgan fingerprint density at radius 2 is 2.25 bits per heavy atom. The number of benzene rings is 1. The summed E-state index contributed by atoms with van der Waals surface area (Å²) >= 11 is 5.98. The fourth-order valence-corrected chi connectivity index (χ4v) is 2.16. The van der Waals surface area contributed by atoms with Crippen LogP contribution >= 0.6 is 11.6 Å². The molecule has 1 aromatic heterocycles. The molecule has 0 aliphatic heterocycles. The smallest absolute Gasteiger partial charge is 0.229 e. The standard InChI is InChI=1S/C14H17ClFN3O/c1-9(3-2-6-17)14-18-13(19-20-14)7-10-4-5-11(16)8-12(10)15/h4-5,8-9H,2-3,6-7,17H2,1H3. The van der Waals surface area contributed by atoms with Gasteiger partial charge in [0, 0.05) is 17.4 Å². The largest absolute Gasteiger partial charge is 0.339 e. The van der Waals surface area contributed by atoms with Gasteiger partial charge in [0.05, 0.1) is 0 Å². The number of hydrogen-bond acceptors (Lipinski definition) is 4. The van der Waals surface area contributed by atoms with E-state index in [1.54, 1.807) is 6.07 Å². The zero-order chi connectivity index (χ0) is 14.5. The summed E-state index contributed by atoms with van der Waals surface area (Å²) in [6, 6.07) is 4.28. The topological polar surface area (TPSA) is 64.9 Å². The first kappa shape index (κ1) is 14.9. The summed E-state index contributed by atoms with van der Waals surface area (Å²) in [7, 11) is 0. The van der Waals surface area contributed by atoms with E-state index in [0.717, 1.165) is 18.4 Å². The summed E-state index contributed by atoms with van der Waals surface area (Å²) in [5.74, 6) is 0.978. The lowest BCUT2D eigenvalue weighted by Gasteiger charge is -2.03. The van der Waals surface area contributed by atoms with Gasteiger partial charge in [-0.1, -0.05) is 29.7 Å². The lowest BCUT2D eigenvalue weighted by Crippen LogP contribution is -2.02. The van der Waals surface area contributed by atoms with Gasteiger partial charge in [-0.05, 0) is 37.1 Å². The molecule has 108 valence electrons. The number of nitrogens with two attached hydrogens (primary N) is 1. The highest BCUT2D eigenvalue weighted by atomic mass is 35.5. The van der Waals surface area contributed by atoms with Gasteiger partial charge in [-0.3, -0.25) is 0 Å². The lowest BCUT2D eigenvalue weighted by atomic mass is 10.1. The fraction of sp³-hybridized carbons (Fsp3) is 0.429. The lowest BCUT2D eigenvalue weighted by molar-refractivity contribution is 0.349. The molecule has 6 heteroatoms. The second-order valence-electron chi connectivity index (χ2n) is 4.79. The van der Waals surface area contributed by atoms with Crippen molar-refractivity contribution in [2.24, 2.45) is 5.73 Å². The van der Waals surface area contributed by atoms with Crippen LogP contribution < -0.4 is 5.73 Å². The van der Waals surface area contributed by atoms with Gasteiger partial charge in [0.25, 0.3) is 0 Å². The monoisotopic (exact) mass is 297 g/mol. The molecular formula is C14H17ClFN3O. The number of aromatic nitrogens is 2. The second kappa shape index (κ2) is 6.81. The molecule has 1 heterocycles. The van der Waals surface area contributed by atoms with E-state index in [0.29, 0.717) is 29.7 Å².